The Bertz CT molecular complexity index is 535. The monoisotopic (exact) mass is 383 g/mol. The molecular formula is C12H9F3INO2. The van der Waals surface area contributed by atoms with Crippen molar-refractivity contribution in [1.82, 2.24) is 0 Å². The minimum absolute atomic E-state index is 0.0929. The number of hydrogen-bond donors (Lipinski definition) is 0. The molecule has 0 aliphatic rings. The first-order valence-electron chi connectivity index (χ1n) is 5.25. The van der Waals surface area contributed by atoms with Crippen LogP contribution in [0.4, 0.5) is 13.2 Å². The number of carbonyl (C=O) groups excluding carboxylic acids is 1. The lowest BCUT2D eigenvalue weighted by Gasteiger charge is -2.15. The largest absolute Gasteiger partial charge is 0.466 e. The van der Waals surface area contributed by atoms with E-state index in [0.717, 1.165) is 0 Å². The summed E-state index contributed by atoms with van der Waals surface area (Å²) in [6.07, 6.45) is -5.19. The van der Waals surface area contributed by atoms with Crippen LogP contribution in [0.1, 0.15) is 23.6 Å². The number of hydrogen-bond acceptors (Lipinski definition) is 3. The van der Waals surface area contributed by atoms with Crippen LogP contribution in [-0.4, -0.2) is 12.6 Å². The first-order chi connectivity index (χ1) is 8.81. The summed E-state index contributed by atoms with van der Waals surface area (Å²) >= 11 is 1.65. The highest BCUT2D eigenvalue weighted by Crippen LogP contribution is 2.36. The summed E-state index contributed by atoms with van der Waals surface area (Å²) in [4.78, 5) is 11.3. The highest BCUT2D eigenvalue weighted by molar-refractivity contribution is 14.1. The van der Waals surface area contributed by atoms with Crippen molar-refractivity contribution in [3.63, 3.8) is 0 Å². The fourth-order valence-corrected chi connectivity index (χ4v) is 2.14. The first-order valence-corrected chi connectivity index (χ1v) is 6.33. The van der Waals surface area contributed by atoms with Crippen LogP contribution in [0, 0.1) is 14.9 Å². The lowest BCUT2D eigenvalue weighted by Crippen LogP contribution is -2.16. The molecule has 0 atom stereocenters. The van der Waals surface area contributed by atoms with Gasteiger partial charge in [-0.3, -0.25) is 4.79 Å². The van der Waals surface area contributed by atoms with Gasteiger partial charge in [0.15, 0.2) is 0 Å². The van der Waals surface area contributed by atoms with E-state index in [0.29, 0.717) is 0 Å². The predicted molar refractivity (Wildman–Crippen MR) is 69.2 cm³/mol. The molecule has 0 aliphatic carbocycles. The molecular weight excluding hydrogens is 374 g/mol. The van der Waals surface area contributed by atoms with Gasteiger partial charge in [0, 0.05) is 3.57 Å². The van der Waals surface area contributed by atoms with Crippen LogP contribution in [-0.2, 0) is 22.1 Å². The van der Waals surface area contributed by atoms with Gasteiger partial charge in [-0.2, -0.15) is 18.4 Å². The SMILES string of the molecule is CCOC(=O)Cc1ccc(I)c(C#N)c1C(F)(F)F. The van der Waals surface area contributed by atoms with E-state index in [1.807, 2.05) is 0 Å². The summed E-state index contributed by atoms with van der Waals surface area (Å²) in [6.45, 7) is 1.66. The Kier molecular flexibility index (Phi) is 5.17. The second-order valence-corrected chi connectivity index (χ2v) is 4.71. The molecule has 0 N–H and O–H groups in total. The summed E-state index contributed by atoms with van der Waals surface area (Å²) in [5, 5.41) is 8.85. The van der Waals surface area contributed by atoms with E-state index in [9.17, 15) is 18.0 Å². The predicted octanol–water partition coefficient (Wildman–Crippen LogP) is 3.29. The van der Waals surface area contributed by atoms with Gasteiger partial charge in [0.05, 0.1) is 24.2 Å². The van der Waals surface area contributed by atoms with Gasteiger partial charge in [0.2, 0.25) is 0 Å². The maximum Gasteiger partial charge on any atom is 0.418 e. The van der Waals surface area contributed by atoms with Crippen LogP contribution in [0.3, 0.4) is 0 Å². The van der Waals surface area contributed by atoms with Crippen molar-refractivity contribution in [3.8, 4) is 6.07 Å². The Morgan fingerprint density at radius 1 is 1.47 bits per heavy atom. The average molecular weight is 383 g/mol. The Morgan fingerprint density at radius 3 is 2.58 bits per heavy atom. The van der Waals surface area contributed by atoms with Gasteiger partial charge in [0.1, 0.15) is 6.07 Å². The number of alkyl halides is 3. The molecule has 0 unspecified atom stereocenters. The number of benzene rings is 1. The molecule has 7 heteroatoms. The molecule has 1 aromatic carbocycles. The molecule has 0 bridgehead atoms. The van der Waals surface area contributed by atoms with E-state index in [2.05, 4.69) is 4.74 Å². The molecule has 0 amide bonds. The molecule has 1 rings (SSSR count). The van der Waals surface area contributed by atoms with E-state index in [4.69, 9.17) is 5.26 Å². The van der Waals surface area contributed by atoms with Crippen LogP contribution >= 0.6 is 22.6 Å². The van der Waals surface area contributed by atoms with Crippen molar-refractivity contribution in [2.45, 2.75) is 19.5 Å². The van der Waals surface area contributed by atoms with Crippen LogP contribution < -0.4 is 0 Å². The number of carbonyl (C=O) groups is 1. The van der Waals surface area contributed by atoms with Crippen molar-refractivity contribution >= 4 is 28.6 Å². The Labute approximate surface area is 121 Å². The fourth-order valence-electron chi connectivity index (χ4n) is 1.57. The van der Waals surface area contributed by atoms with E-state index >= 15 is 0 Å². The third kappa shape index (κ3) is 3.83. The Hall–Kier alpha value is -1.30. The van der Waals surface area contributed by atoms with Gasteiger partial charge in [-0.25, -0.2) is 0 Å². The van der Waals surface area contributed by atoms with Crippen molar-refractivity contribution in [3.05, 3.63) is 32.4 Å². The molecule has 19 heavy (non-hydrogen) atoms. The normalized spacial score (nSPS) is 10.9. The smallest absolute Gasteiger partial charge is 0.418 e. The molecule has 0 aliphatic heterocycles. The van der Waals surface area contributed by atoms with Crippen molar-refractivity contribution in [2.24, 2.45) is 0 Å². The zero-order chi connectivity index (χ0) is 14.6. The van der Waals surface area contributed by atoms with Crippen LogP contribution in [0.5, 0.6) is 0 Å². The van der Waals surface area contributed by atoms with Crippen LogP contribution in [0.25, 0.3) is 0 Å². The van der Waals surface area contributed by atoms with Crippen LogP contribution in [0.15, 0.2) is 12.1 Å². The second kappa shape index (κ2) is 6.23. The highest BCUT2D eigenvalue weighted by Gasteiger charge is 2.37. The quantitative estimate of drug-likeness (QED) is 0.595. The van der Waals surface area contributed by atoms with Crippen molar-refractivity contribution < 1.29 is 22.7 Å². The second-order valence-electron chi connectivity index (χ2n) is 3.55. The third-order valence-corrected chi connectivity index (χ3v) is 3.18. The van der Waals surface area contributed by atoms with Gasteiger partial charge in [-0.15, -0.1) is 0 Å². The summed E-state index contributed by atoms with van der Waals surface area (Å²) in [5.74, 6) is -0.752. The highest BCUT2D eigenvalue weighted by atomic mass is 127. The molecule has 0 saturated heterocycles. The molecule has 1 aromatic rings. The molecule has 102 valence electrons. The molecule has 3 nitrogen and oxygen atoms in total. The fraction of sp³-hybridized carbons (Fsp3) is 0.333. The average Bonchev–Trinajstić information content (AvgIpc) is 2.29. The van der Waals surface area contributed by atoms with Gasteiger partial charge in [-0.05, 0) is 41.1 Å². The van der Waals surface area contributed by atoms with E-state index in [-0.39, 0.29) is 15.7 Å². The number of rotatable bonds is 3. The molecule has 0 heterocycles. The van der Waals surface area contributed by atoms with Crippen molar-refractivity contribution in [1.29, 1.82) is 5.26 Å². The zero-order valence-electron chi connectivity index (χ0n) is 9.84. The van der Waals surface area contributed by atoms with E-state index in [1.165, 1.54) is 18.2 Å². The number of nitrogens with zero attached hydrogens (tertiary/aromatic N) is 1. The van der Waals surface area contributed by atoms with Crippen LogP contribution in [0.2, 0.25) is 0 Å². The zero-order valence-corrected chi connectivity index (χ0v) is 12.0. The summed E-state index contributed by atoms with van der Waals surface area (Å²) < 4.78 is 43.8. The molecule has 0 aromatic heterocycles. The molecule has 0 radical (unpaired) electrons. The number of nitriles is 1. The van der Waals surface area contributed by atoms with Gasteiger partial charge in [0.25, 0.3) is 0 Å². The summed E-state index contributed by atoms with van der Waals surface area (Å²) in [6, 6.07) is 4.11. The first kappa shape index (κ1) is 15.8. The Morgan fingerprint density at radius 2 is 2.11 bits per heavy atom. The standard InChI is InChI=1S/C12H9F3INO2/c1-2-19-10(18)5-7-3-4-9(16)8(6-17)11(7)12(13,14)15/h3-4H,2,5H2,1H3. The van der Waals surface area contributed by atoms with Gasteiger partial charge in [-0.1, -0.05) is 6.07 Å². The van der Waals surface area contributed by atoms with Crippen molar-refractivity contribution in [2.75, 3.05) is 6.61 Å². The topological polar surface area (TPSA) is 50.1 Å². The number of ether oxygens (including phenoxy) is 1. The maximum atomic E-state index is 13.0. The molecule has 0 fully saturated rings. The minimum Gasteiger partial charge on any atom is -0.466 e. The maximum absolute atomic E-state index is 13.0. The van der Waals surface area contributed by atoms with Gasteiger partial charge >= 0.3 is 12.1 Å². The summed E-state index contributed by atoms with van der Waals surface area (Å²) in [5.41, 5.74) is -1.77. The molecule has 0 saturated carbocycles. The third-order valence-electron chi connectivity index (χ3n) is 2.28. The van der Waals surface area contributed by atoms with E-state index < -0.39 is 29.7 Å². The minimum atomic E-state index is -4.69. The number of esters is 1. The van der Waals surface area contributed by atoms with Gasteiger partial charge < -0.3 is 4.74 Å². The number of halogens is 4. The van der Waals surface area contributed by atoms with E-state index in [1.54, 1.807) is 29.5 Å². The molecule has 0 spiro atoms. The summed E-state index contributed by atoms with van der Waals surface area (Å²) in [7, 11) is 0. The lowest BCUT2D eigenvalue weighted by molar-refractivity contribution is -0.143. The Balaban J connectivity index is 3.33. The lowest BCUT2D eigenvalue weighted by atomic mass is 9.99.